The second-order valence-corrected chi connectivity index (χ2v) is 7.67. The Labute approximate surface area is 160 Å². The summed E-state index contributed by atoms with van der Waals surface area (Å²) in [6.07, 6.45) is 0.759. The average Bonchev–Trinajstić information content (AvgIpc) is 3.07. The first-order chi connectivity index (χ1) is 12.7. The maximum Gasteiger partial charge on any atom is 0.410 e. The summed E-state index contributed by atoms with van der Waals surface area (Å²) in [5, 5.41) is 0. The number of hydrogen-bond acceptors (Lipinski definition) is 5. The van der Waals surface area contributed by atoms with Gasteiger partial charge in [0, 0.05) is 13.6 Å². The third-order valence-electron chi connectivity index (χ3n) is 4.14. The standard InChI is InChI=1S/C20H28N2O5/c1-20(2,3)27-17(23)13-21(4)18(24)16-11-8-12-22(16)19(25)26-14-15-9-6-5-7-10-15/h5-7,9-10,16H,8,11-14H2,1-4H3/t16-/m0/s1. The van der Waals surface area contributed by atoms with Crippen molar-refractivity contribution in [2.75, 3.05) is 20.1 Å². The molecule has 0 spiro atoms. The van der Waals surface area contributed by atoms with Crippen LogP contribution in [0.3, 0.4) is 0 Å². The molecule has 0 aromatic heterocycles. The smallest absolute Gasteiger partial charge is 0.410 e. The van der Waals surface area contributed by atoms with Gasteiger partial charge in [0.05, 0.1) is 0 Å². The molecule has 27 heavy (non-hydrogen) atoms. The maximum absolute atomic E-state index is 12.7. The molecular formula is C20H28N2O5. The molecule has 1 atom stereocenters. The van der Waals surface area contributed by atoms with E-state index in [-0.39, 0.29) is 19.1 Å². The molecule has 1 fully saturated rings. The lowest BCUT2D eigenvalue weighted by molar-refractivity contribution is -0.158. The van der Waals surface area contributed by atoms with Crippen LogP contribution in [0.25, 0.3) is 0 Å². The molecule has 2 amide bonds. The summed E-state index contributed by atoms with van der Waals surface area (Å²) in [5.41, 5.74) is 0.275. The van der Waals surface area contributed by atoms with Gasteiger partial charge in [-0.25, -0.2) is 4.79 Å². The molecule has 1 aliphatic rings. The zero-order valence-corrected chi connectivity index (χ0v) is 16.4. The molecule has 0 radical (unpaired) electrons. The molecule has 0 bridgehead atoms. The van der Waals surface area contributed by atoms with Crippen molar-refractivity contribution in [1.82, 2.24) is 9.80 Å². The first kappa shape index (κ1) is 20.7. The number of likely N-dealkylation sites (N-methyl/N-ethyl adjacent to an activating group) is 1. The molecule has 7 nitrogen and oxygen atoms in total. The lowest BCUT2D eigenvalue weighted by Crippen LogP contribution is -2.48. The minimum absolute atomic E-state index is 0.153. The van der Waals surface area contributed by atoms with Crippen molar-refractivity contribution in [2.45, 2.75) is 51.9 Å². The van der Waals surface area contributed by atoms with Crippen molar-refractivity contribution in [1.29, 1.82) is 0 Å². The van der Waals surface area contributed by atoms with Crippen LogP contribution in [-0.2, 0) is 25.7 Å². The zero-order chi connectivity index (χ0) is 20.0. The Morgan fingerprint density at radius 3 is 2.48 bits per heavy atom. The number of likely N-dealkylation sites (tertiary alicyclic amines) is 1. The Balaban J connectivity index is 1.90. The number of carbonyl (C=O) groups is 3. The van der Waals surface area contributed by atoms with E-state index in [0.717, 1.165) is 12.0 Å². The molecule has 7 heteroatoms. The molecule has 1 aliphatic heterocycles. The van der Waals surface area contributed by atoms with E-state index in [9.17, 15) is 14.4 Å². The third-order valence-corrected chi connectivity index (χ3v) is 4.14. The van der Waals surface area contributed by atoms with E-state index in [1.807, 2.05) is 30.3 Å². The van der Waals surface area contributed by atoms with Gasteiger partial charge < -0.3 is 14.4 Å². The minimum Gasteiger partial charge on any atom is -0.459 e. The number of carbonyl (C=O) groups excluding carboxylic acids is 3. The summed E-state index contributed by atoms with van der Waals surface area (Å²) in [7, 11) is 1.54. The largest absolute Gasteiger partial charge is 0.459 e. The van der Waals surface area contributed by atoms with Gasteiger partial charge in [0.25, 0.3) is 0 Å². The Kier molecular flexibility index (Phi) is 6.82. The SMILES string of the molecule is CN(CC(=O)OC(C)(C)C)C(=O)[C@@H]1CCCN1C(=O)OCc1ccccc1. The van der Waals surface area contributed by atoms with Gasteiger partial charge in [0.1, 0.15) is 24.8 Å². The maximum atomic E-state index is 12.7. The highest BCUT2D eigenvalue weighted by Crippen LogP contribution is 2.21. The monoisotopic (exact) mass is 376 g/mol. The predicted molar refractivity (Wildman–Crippen MR) is 99.8 cm³/mol. The molecule has 1 aromatic rings. The van der Waals surface area contributed by atoms with E-state index in [0.29, 0.717) is 13.0 Å². The number of amides is 2. The Morgan fingerprint density at radius 2 is 1.85 bits per heavy atom. The summed E-state index contributed by atoms with van der Waals surface area (Å²) in [6.45, 7) is 5.78. The molecular weight excluding hydrogens is 348 g/mol. The molecule has 1 heterocycles. The van der Waals surface area contributed by atoms with Gasteiger partial charge in [-0.05, 0) is 39.2 Å². The number of nitrogens with zero attached hydrogens (tertiary/aromatic N) is 2. The fourth-order valence-corrected chi connectivity index (χ4v) is 2.94. The first-order valence-corrected chi connectivity index (χ1v) is 9.11. The second-order valence-electron chi connectivity index (χ2n) is 7.67. The molecule has 1 saturated heterocycles. The quantitative estimate of drug-likeness (QED) is 0.739. The van der Waals surface area contributed by atoms with Gasteiger partial charge in [0.2, 0.25) is 5.91 Å². The third kappa shape index (κ3) is 6.27. The van der Waals surface area contributed by atoms with Crippen molar-refractivity contribution in [3.63, 3.8) is 0 Å². The van der Waals surface area contributed by atoms with Crippen molar-refractivity contribution < 1.29 is 23.9 Å². The summed E-state index contributed by atoms with van der Waals surface area (Å²) in [5.74, 6) is -0.760. The van der Waals surface area contributed by atoms with Crippen LogP contribution < -0.4 is 0 Å². The van der Waals surface area contributed by atoms with Gasteiger partial charge in [0.15, 0.2) is 0 Å². The van der Waals surface area contributed by atoms with Gasteiger partial charge in [-0.15, -0.1) is 0 Å². The normalized spacial score (nSPS) is 16.7. The van der Waals surface area contributed by atoms with Crippen LogP contribution in [0.5, 0.6) is 0 Å². The number of benzene rings is 1. The Hall–Kier alpha value is -2.57. The molecule has 148 valence electrons. The molecule has 0 aliphatic carbocycles. The molecule has 0 saturated carbocycles. The number of hydrogen-bond donors (Lipinski definition) is 0. The fourth-order valence-electron chi connectivity index (χ4n) is 2.94. The zero-order valence-electron chi connectivity index (χ0n) is 16.4. The van der Waals surface area contributed by atoms with Crippen LogP contribution in [-0.4, -0.2) is 59.5 Å². The van der Waals surface area contributed by atoms with Crippen LogP contribution in [0.4, 0.5) is 4.79 Å². The van der Waals surface area contributed by atoms with E-state index < -0.39 is 23.7 Å². The topological polar surface area (TPSA) is 76.2 Å². The number of ether oxygens (including phenoxy) is 2. The van der Waals surface area contributed by atoms with Gasteiger partial charge >= 0.3 is 12.1 Å². The lowest BCUT2D eigenvalue weighted by Gasteiger charge is -2.28. The van der Waals surface area contributed by atoms with Crippen LogP contribution in [0.2, 0.25) is 0 Å². The highest BCUT2D eigenvalue weighted by Gasteiger charge is 2.37. The van der Waals surface area contributed by atoms with Gasteiger partial charge in [-0.3, -0.25) is 14.5 Å². The van der Waals surface area contributed by atoms with E-state index >= 15 is 0 Å². The Morgan fingerprint density at radius 1 is 1.19 bits per heavy atom. The van der Waals surface area contributed by atoms with E-state index in [1.165, 1.54) is 16.8 Å². The van der Waals surface area contributed by atoms with Crippen molar-refractivity contribution >= 4 is 18.0 Å². The Bertz CT molecular complexity index is 669. The molecule has 0 N–H and O–H groups in total. The lowest BCUT2D eigenvalue weighted by atomic mass is 10.2. The molecule has 1 aromatic carbocycles. The predicted octanol–water partition coefficient (Wildman–Crippen LogP) is 2.59. The molecule has 0 unspecified atom stereocenters. The molecule has 2 rings (SSSR count). The number of rotatable bonds is 5. The van der Waals surface area contributed by atoms with Gasteiger partial charge in [-0.1, -0.05) is 30.3 Å². The van der Waals surface area contributed by atoms with Crippen LogP contribution in [0.15, 0.2) is 30.3 Å². The summed E-state index contributed by atoms with van der Waals surface area (Å²) in [4.78, 5) is 39.8. The first-order valence-electron chi connectivity index (χ1n) is 9.11. The fraction of sp³-hybridized carbons (Fsp3) is 0.550. The highest BCUT2D eigenvalue weighted by molar-refractivity contribution is 5.88. The van der Waals surface area contributed by atoms with E-state index in [2.05, 4.69) is 0 Å². The summed E-state index contributed by atoms with van der Waals surface area (Å²) < 4.78 is 10.6. The van der Waals surface area contributed by atoms with Crippen molar-refractivity contribution in [2.24, 2.45) is 0 Å². The minimum atomic E-state index is -0.610. The van der Waals surface area contributed by atoms with Gasteiger partial charge in [-0.2, -0.15) is 0 Å². The highest BCUT2D eigenvalue weighted by atomic mass is 16.6. The van der Waals surface area contributed by atoms with Crippen LogP contribution in [0, 0.1) is 0 Å². The average molecular weight is 376 g/mol. The summed E-state index contributed by atoms with van der Waals surface area (Å²) >= 11 is 0. The second kappa shape index (κ2) is 8.88. The van der Waals surface area contributed by atoms with Crippen LogP contribution in [0.1, 0.15) is 39.2 Å². The number of esters is 1. The summed E-state index contributed by atoms with van der Waals surface area (Å²) in [6, 6.07) is 8.76. The van der Waals surface area contributed by atoms with Crippen molar-refractivity contribution in [3.8, 4) is 0 Å². The van der Waals surface area contributed by atoms with Crippen LogP contribution >= 0.6 is 0 Å². The van der Waals surface area contributed by atoms with E-state index in [1.54, 1.807) is 20.8 Å². The van der Waals surface area contributed by atoms with E-state index in [4.69, 9.17) is 9.47 Å². The van der Waals surface area contributed by atoms with Crippen molar-refractivity contribution in [3.05, 3.63) is 35.9 Å².